The van der Waals surface area contributed by atoms with Gasteiger partial charge in [-0.1, -0.05) is 0 Å². The minimum atomic E-state index is -0.389. The Hall–Kier alpha value is -2.96. The van der Waals surface area contributed by atoms with Gasteiger partial charge in [-0.15, -0.1) is 0 Å². The Morgan fingerprint density at radius 3 is 2.47 bits per heavy atom. The number of hydrazone groups is 1. The molecule has 0 saturated heterocycles. The summed E-state index contributed by atoms with van der Waals surface area (Å²) < 4.78 is 0.631. The summed E-state index contributed by atoms with van der Waals surface area (Å²) in [5.74, 6) is -0.275. The number of aromatic nitrogens is 2. The Balaban J connectivity index is 2.06. The molecule has 2 aromatic heterocycles. The molecule has 0 aromatic carbocycles. The zero-order valence-electron chi connectivity index (χ0n) is 9.85. The van der Waals surface area contributed by atoms with E-state index in [-0.39, 0.29) is 11.7 Å². The topological polar surface area (TPSA) is 107 Å². The summed E-state index contributed by atoms with van der Waals surface area (Å²) in [5, 5.41) is 14.6. The highest BCUT2D eigenvalue weighted by molar-refractivity contribution is 5.99. The lowest BCUT2D eigenvalue weighted by molar-refractivity contribution is -0.605. The monoisotopic (exact) mass is 257 g/mol. The molecule has 96 valence electrons. The molecule has 1 amide bonds. The van der Waals surface area contributed by atoms with Crippen molar-refractivity contribution in [1.29, 1.82) is 0 Å². The molecule has 3 N–H and O–H groups in total. The smallest absolute Gasteiger partial charge is 0.271 e. The Morgan fingerprint density at radius 2 is 1.84 bits per heavy atom. The highest BCUT2D eigenvalue weighted by Gasteiger charge is 2.04. The molecule has 7 nitrogen and oxygen atoms in total. The zero-order valence-corrected chi connectivity index (χ0v) is 9.85. The Bertz CT molecular complexity index is 595. The summed E-state index contributed by atoms with van der Waals surface area (Å²) in [4.78, 5) is 15.5. The molecular formula is C12H11N5O2. The van der Waals surface area contributed by atoms with Crippen LogP contribution < -0.4 is 15.9 Å². The van der Waals surface area contributed by atoms with Gasteiger partial charge in [-0.2, -0.15) is 9.83 Å². The van der Waals surface area contributed by atoms with E-state index in [1.54, 1.807) is 12.1 Å². The fourth-order valence-electron chi connectivity index (χ4n) is 1.33. The van der Waals surface area contributed by atoms with Crippen molar-refractivity contribution in [3.8, 4) is 0 Å². The Morgan fingerprint density at radius 1 is 1.21 bits per heavy atom. The van der Waals surface area contributed by atoms with Crippen LogP contribution >= 0.6 is 0 Å². The normalized spacial score (nSPS) is 11.1. The predicted octanol–water partition coefficient (Wildman–Crippen LogP) is -0.235. The SMILES string of the molecule is N/C(=N\NC(=O)c1ccncc1)c1cc[n+]([O-])cc1. The molecule has 7 heteroatoms. The van der Waals surface area contributed by atoms with Gasteiger partial charge in [0, 0.05) is 35.7 Å². The number of nitrogens with zero attached hydrogens (tertiary/aromatic N) is 3. The van der Waals surface area contributed by atoms with Crippen molar-refractivity contribution >= 4 is 11.7 Å². The van der Waals surface area contributed by atoms with Gasteiger partial charge in [0.2, 0.25) is 0 Å². The second-order valence-electron chi connectivity index (χ2n) is 3.62. The summed E-state index contributed by atoms with van der Waals surface area (Å²) in [5.41, 5.74) is 8.98. The molecule has 0 bridgehead atoms. The molecular weight excluding hydrogens is 246 g/mol. The number of rotatable bonds is 3. The number of amidine groups is 1. The first kappa shape index (κ1) is 12.5. The Labute approximate surface area is 109 Å². The van der Waals surface area contributed by atoms with Gasteiger partial charge in [-0.25, -0.2) is 5.43 Å². The molecule has 0 unspecified atom stereocenters. The molecule has 2 rings (SSSR count). The van der Waals surface area contributed by atoms with E-state index in [9.17, 15) is 10.0 Å². The number of hydrogen-bond donors (Lipinski definition) is 2. The largest absolute Gasteiger partial charge is 0.619 e. The van der Waals surface area contributed by atoms with Gasteiger partial charge in [0.1, 0.15) is 0 Å². The molecule has 0 aliphatic rings. The number of nitrogens with one attached hydrogen (secondary N) is 1. The van der Waals surface area contributed by atoms with Gasteiger partial charge >= 0.3 is 0 Å². The zero-order chi connectivity index (χ0) is 13.7. The lowest BCUT2D eigenvalue weighted by Gasteiger charge is -2.02. The van der Waals surface area contributed by atoms with Crippen molar-refractivity contribution < 1.29 is 9.52 Å². The van der Waals surface area contributed by atoms with Crippen LogP contribution in [0.3, 0.4) is 0 Å². The van der Waals surface area contributed by atoms with E-state index in [1.807, 2.05) is 0 Å². The number of carbonyl (C=O) groups is 1. The summed E-state index contributed by atoms with van der Waals surface area (Å²) in [6, 6.07) is 6.13. The summed E-state index contributed by atoms with van der Waals surface area (Å²) >= 11 is 0. The van der Waals surface area contributed by atoms with Crippen LogP contribution in [-0.4, -0.2) is 16.7 Å². The number of amides is 1. The van der Waals surface area contributed by atoms with Crippen LogP contribution in [0.1, 0.15) is 15.9 Å². The lowest BCUT2D eigenvalue weighted by Crippen LogP contribution is -2.27. The molecule has 2 aromatic rings. The van der Waals surface area contributed by atoms with Crippen LogP contribution in [-0.2, 0) is 0 Å². The number of pyridine rings is 2. The van der Waals surface area contributed by atoms with Crippen molar-refractivity contribution in [3.05, 3.63) is 65.4 Å². The van der Waals surface area contributed by atoms with Crippen LogP contribution in [0.2, 0.25) is 0 Å². The van der Waals surface area contributed by atoms with Gasteiger partial charge < -0.3 is 10.9 Å². The maximum absolute atomic E-state index is 11.7. The highest BCUT2D eigenvalue weighted by atomic mass is 16.5. The number of carbonyl (C=O) groups excluding carboxylic acids is 1. The van der Waals surface area contributed by atoms with Gasteiger partial charge in [0.25, 0.3) is 5.91 Å². The van der Waals surface area contributed by atoms with Crippen molar-refractivity contribution in [2.45, 2.75) is 0 Å². The van der Waals surface area contributed by atoms with Crippen molar-refractivity contribution in [2.24, 2.45) is 10.8 Å². The highest BCUT2D eigenvalue weighted by Crippen LogP contribution is 1.97. The molecule has 0 aliphatic heterocycles. The third-order valence-corrected chi connectivity index (χ3v) is 2.32. The summed E-state index contributed by atoms with van der Waals surface area (Å²) in [7, 11) is 0. The predicted molar refractivity (Wildman–Crippen MR) is 67.8 cm³/mol. The van der Waals surface area contributed by atoms with E-state index in [2.05, 4.69) is 15.5 Å². The second-order valence-corrected chi connectivity index (χ2v) is 3.62. The molecule has 0 radical (unpaired) electrons. The molecule has 2 heterocycles. The van der Waals surface area contributed by atoms with Crippen LogP contribution in [0, 0.1) is 5.21 Å². The van der Waals surface area contributed by atoms with Crippen LogP contribution in [0.4, 0.5) is 0 Å². The number of nitrogens with two attached hydrogens (primary N) is 1. The quantitative estimate of drug-likeness (QED) is 0.260. The fraction of sp³-hybridized carbons (Fsp3) is 0. The van der Waals surface area contributed by atoms with E-state index in [0.717, 1.165) is 0 Å². The molecule has 0 aliphatic carbocycles. The minimum absolute atomic E-state index is 0.114. The van der Waals surface area contributed by atoms with E-state index in [0.29, 0.717) is 15.9 Å². The van der Waals surface area contributed by atoms with E-state index >= 15 is 0 Å². The molecule has 0 spiro atoms. The third kappa shape index (κ3) is 3.25. The van der Waals surface area contributed by atoms with Crippen molar-refractivity contribution in [3.63, 3.8) is 0 Å². The average molecular weight is 257 g/mol. The second kappa shape index (κ2) is 5.58. The van der Waals surface area contributed by atoms with Gasteiger partial charge in [-0.3, -0.25) is 9.78 Å². The minimum Gasteiger partial charge on any atom is -0.619 e. The van der Waals surface area contributed by atoms with Crippen LogP contribution in [0.25, 0.3) is 0 Å². The molecule has 19 heavy (non-hydrogen) atoms. The van der Waals surface area contributed by atoms with E-state index in [4.69, 9.17) is 5.73 Å². The Kier molecular flexibility index (Phi) is 3.67. The molecule has 0 fully saturated rings. The van der Waals surface area contributed by atoms with Crippen LogP contribution in [0.5, 0.6) is 0 Å². The average Bonchev–Trinajstić information content (AvgIpc) is 2.46. The third-order valence-electron chi connectivity index (χ3n) is 2.32. The maximum atomic E-state index is 11.7. The van der Waals surface area contributed by atoms with E-state index < -0.39 is 0 Å². The van der Waals surface area contributed by atoms with E-state index in [1.165, 1.54) is 36.9 Å². The van der Waals surface area contributed by atoms with Gasteiger partial charge in [-0.05, 0) is 12.1 Å². The van der Waals surface area contributed by atoms with Gasteiger partial charge in [0.05, 0.1) is 0 Å². The lowest BCUT2D eigenvalue weighted by atomic mass is 10.2. The summed E-state index contributed by atoms with van der Waals surface area (Å²) in [6.07, 6.45) is 5.60. The maximum Gasteiger partial charge on any atom is 0.271 e. The molecule has 0 atom stereocenters. The van der Waals surface area contributed by atoms with Crippen LogP contribution in [0.15, 0.2) is 54.2 Å². The van der Waals surface area contributed by atoms with Crippen molar-refractivity contribution in [1.82, 2.24) is 10.4 Å². The first-order chi connectivity index (χ1) is 9.16. The fourth-order valence-corrected chi connectivity index (χ4v) is 1.33. The molecule has 0 saturated carbocycles. The first-order valence-electron chi connectivity index (χ1n) is 5.39. The van der Waals surface area contributed by atoms with Gasteiger partial charge in [0.15, 0.2) is 18.2 Å². The number of hydrogen-bond acceptors (Lipinski definition) is 4. The standard InChI is InChI=1S/C12H11N5O2/c13-11(9-3-7-17(19)8-4-9)15-16-12(18)10-1-5-14-6-2-10/h1-8H,(H2,13,15)(H,16,18). The summed E-state index contributed by atoms with van der Waals surface area (Å²) in [6.45, 7) is 0. The van der Waals surface area contributed by atoms with Crippen molar-refractivity contribution in [2.75, 3.05) is 0 Å². The first-order valence-corrected chi connectivity index (χ1v) is 5.39.